The first kappa shape index (κ1) is 14.8. The number of hydrogen-bond acceptors (Lipinski definition) is 4. The zero-order valence-electron chi connectivity index (χ0n) is 12.2. The van der Waals surface area contributed by atoms with E-state index in [2.05, 4.69) is 15.6 Å². The van der Waals surface area contributed by atoms with E-state index in [0.29, 0.717) is 5.75 Å². The molecule has 0 saturated carbocycles. The third-order valence-electron chi connectivity index (χ3n) is 3.00. The highest BCUT2D eigenvalue weighted by Crippen LogP contribution is 2.21. The summed E-state index contributed by atoms with van der Waals surface area (Å²) in [6.45, 7) is 2.05. The molecule has 0 aliphatic heterocycles. The molecule has 5 nitrogen and oxygen atoms in total. The van der Waals surface area contributed by atoms with Gasteiger partial charge in [0.1, 0.15) is 5.75 Å². The third-order valence-corrected chi connectivity index (χ3v) is 3.00. The van der Waals surface area contributed by atoms with E-state index in [1.54, 1.807) is 13.2 Å². The predicted octanol–water partition coefficient (Wildman–Crippen LogP) is 2.38. The molecule has 0 spiro atoms. The van der Waals surface area contributed by atoms with Crippen LogP contribution in [0.15, 0.2) is 48.7 Å². The minimum atomic E-state index is -0.157. The molecule has 0 aliphatic carbocycles. The van der Waals surface area contributed by atoms with E-state index in [0.717, 1.165) is 11.4 Å². The molecule has 2 rings (SSSR count). The van der Waals surface area contributed by atoms with Crippen LogP contribution in [0.4, 0.5) is 5.69 Å². The molecular formula is C16H19N3O2. The van der Waals surface area contributed by atoms with E-state index in [4.69, 9.17) is 4.74 Å². The average molecular weight is 285 g/mol. The van der Waals surface area contributed by atoms with Crippen LogP contribution in [-0.4, -0.2) is 24.5 Å². The average Bonchev–Trinajstić information content (AvgIpc) is 2.53. The van der Waals surface area contributed by atoms with E-state index in [1.165, 1.54) is 0 Å². The molecule has 1 unspecified atom stereocenters. The lowest BCUT2D eigenvalue weighted by Crippen LogP contribution is -2.24. The second-order valence-corrected chi connectivity index (χ2v) is 4.61. The molecule has 110 valence electrons. The van der Waals surface area contributed by atoms with Crippen LogP contribution < -0.4 is 15.4 Å². The summed E-state index contributed by atoms with van der Waals surface area (Å²) in [5.41, 5.74) is 1.89. The number of ether oxygens (including phenoxy) is 1. The number of nitrogens with zero attached hydrogens (tertiary/aromatic N) is 1. The zero-order valence-corrected chi connectivity index (χ0v) is 12.2. The van der Waals surface area contributed by atoms with Gasteiger partial charge in [-0.3, -0.25) is 9.78 Å². The van der Waals surface area contributed by atoms with Crippen molar-refractivity contribution in [1.82, 2.24) is 10.3 Å². The molecular weight excluding hydrogens is 266 g/mol. The van der Waals surface area contributed by atoms with E-state index < -0.39 is 0 Å². The minimum Gasteiger partial charge on any atom is -0.484 e. The molecule has 0 saturated heterocycles. The molecule has 2 N–H and O–H groups in total. The van der Waals surface area contributed by atoms with Gasteiger partial charge in [-0.1, -0.05) is 12.1 Å². The number of carbonyl (C=O) groups excluding carboxylic acids is 1. The summed E-state index contributed by atoms with van der Waals surface area (Å²) in [5.74, 6) is 0.493. The molecule has 1 heterocycles. The number of carbonyl (C=O) groups is 1. The highest BCUT2D eigenvalue weighted by molar-refractivity contribution is 5.77. The first-order chi connectivity index (χ1) is 10.2. The van der Waals surface area contributed by atoms with E-state index in [1.807, 2.05) is 49.4 Å². The van der Waals surface area contributed by atoms with Crippen LogP contribution in [0.5, 0.6) is 5.75 Å². The number of pyridine rings is 1. The zero-order chi connectivity index (χ0) is 15.1. The van der Waals surface area contributed by atoms with Crippen LogP contribution in [0.3, 0.4) is 0 Å². The van der Waals surface area contributed by atoms with Crippen LogP contribution in [0, 0.1) is 0 Å². The van der Waals surface area contributed by atoms with Crippen LogP contribution in [0.1, 0.15) is 18.7 Å². The maximum absolute atomic E-state index is 11.2. The second kappa shape index (κ2) is 7.28. The number of amides is 1. The molecule has 0 radical (unpaired) electrons. The van der Waals surface area contributed by atoms with Crippen molar-refractivity contribution < 1.29 is 9.53 Å². The van der Waals surface area contributed by atoms with E-state index in [-0.39, 0.29) is 18.6 Å². The SMILES string of the molecule is CNC(=O)COc1cccc(NC(C)c2ccccn2)c1. The molecule has 2 aromatic rings. The number of benzene rings is 1. The second-order valence-electron chi connectivity index (χ2n) is 4.61. The molecule has 21 heavy (non-hydrogen) atoms. The monoisotopic (exact) mass is 285 g/mol. The van der Waals surface area contributed by atoms with E-state index >= 15 is 0 Å². The Hall–Kier alpha value is -2.56. The standard InChI is InChI=1S/C16H19N3O2/c1-12(15-8-3-4-9-18-15)19-13-6-5-7-14(10-13)21-11-16(20)17-2/h3-10,12,19H,11H2,1-2H3,(H,17,20). The van der Waals surface area contributed by atoms with E-state index in [9.17, 15) is 4.79 Å². The van der Waals surface area contributed by atoms with Crippen LogP contribution in [-0.2, 0) is 4.79 Å². The lowest BCUT2D eigenvalue weighted by atomic mass is 10.2. The van der Waals surface area contributed by atoms with Crippen molar-refractivity contribution >= 4 is 11.6 Å². The van der Waals surface area contributed by atoms with Crippen molar-refractivity contribution in [3.8, 4) is 5.75 Å². The molecule has 1 atom stereocenters. The number of anilines is 1. The first-order valence-corrected chi connectivity index (χ1v) is 6.80. The fraction of sp³-hybridized carbons (Fsp3) is 0.250. The Morgan fingerprint density at radius 3 is 2.86 bits per heavy atom. The Morgan fingerprint density at radius 1 is 1.29 bits per heavy atom. The summed E-state index contributed by atoms with van der Waals surface area (Å²) >= 11 is 0. The maximum atomic E-state index is 11.2. The summed E-state index contributed by atoms with van der Waals surface area (Å²) in [6, 6.07) is 13.4. The number of likely N-dealkylation sites (N-methyl/N-ethyl adjacent to an activating group) is 1. The topological polar surface area (TPSA) is 63.2 Å². The Morgan fingerprint density at radius 2 is 2.14 bits per heavy atom. The van der Waals surface area contributed by atoms with Crippen LogP contribution in [0.2, 0.25) is 0 Å². The highest BCUT2D eigenvalue weighted by Gasteiger charge is 2.07. The molecule has 0 bridgehead atoms. The first-order valence-electron chi connectivity index (χ1n) is 6.80. The van der Waals surface area contributed by atoms with Gasteiger partial charge in [-0.2, -0.15) is 0 Å². The summed E-state index contributed by atoms with van der Waals surface area (Å²) < 4.78 is 5.42. The smallest absolute Gasteiger partial charge is 0.257 e. The van der Waals surface area contributed by atoms with Gasteiger partial charge in [-0.05, 0) is 31.2 Å². The van der Waals surface area contributed by atoms with Crippen molar-refractivity contribution in [2.24, 2.45) is 0 Å². The number of hydrogen-bond donors (Lipinski definition) is 2. The Bertz CT molecular complexity index is 587. The van der Waals surface area contributed by atoms with Gasteiger partial charge < -0.3 is 15.4 Å². The van der Waals surface area contributed by atoms with Gasteiger partial charge in [-0.25, -0.2) is 0 Å². The van der Waals surface area contributed by atoms with Gasteiger partial charge in [0.2, 0.25) is 0 Å². The van der Waals surface area contributed by atoms with Crippen molar-refractivity contribution in [2.45, 2.75) is 13.0 Å². The lowest BCUT2D eigenvalue weighted by molar-refractivity contribution is -0.122. The summed E-state index contributed by atoms with van der Waals surface area (Å²) in [4.78, 5) is 15.5. The fourth-order valence-corrected chi connectivity index (χ4v) is 1.85. The summed E-state index contributed by atoms with van der Waals surface area (Å²) in [7, 11) is 1.58. The lowest BCUT2D eigenvalue weighted by Gasteiger charge is -2.15. The maximum Gasteiger partial charge on any atom is 0.257 e. The summed E-state index contributed by atoms with van der Waals surface area (Å²) in [5, 5.41) is 5.87. The van der Waals surface area contributed by atoms with Crippen LogP contribution in [0.25, 0.3) is 0 Å². The van der Waals surface area contributed by atoms with Gasteiger partial charge in [0.15, 0.2) is 6.61 Å². The number of aromatic nitrogens is 1. The predicted molar refractivity (Wildman–Crippen MR) is 82.3 cm³/mol. The molecule has 0 aliphatic rings. The molecule has 1 aromatic carbocycles. The quantitative estimate of drug-likeness (QED) is 0.855. The van der Waals surface area contributed by atoms with Crippen molar-refractivity contribution in [3.63, 3.8) is 0 Å². The highest BCUT2D eigenvalue weighted by atomic mass is 16.5. The molecule has 1 aromatic heterocycles. The van der Waals surface area contributed by atoms with Crippen molar-refractivity contribution in [2.75, 3.05) is 19.0 Å². The fourth-order valence-electron chi connectivity index (χ4n) is 1.85. The van der Waals surface area contributed by atoms with Gasteiger partial charge in [0, 0.05) is 25.0 Å². The Balaban J connectivity index is 1.99. The van der Waals surface area contributed by atoms with Gasteiger partial charge in [-0.15, -0.1) is 0 Å². The summed E-state index contributed by atoms with van der Waals surface area (Å²) in [6.07, 6.45) is 1.77. The van der Waals surface area contributed by atoms with Gasteiger partial charge in [0.05, 0.1) is 11.7 Å². The van der Waals surface area contributed by atoms with Crippen molar-refractivity contribution in [3.05, 3.63) is 54.4 Å². The minimum absolute atomic E-state index is 0.00967. The molecule has 0 fully saturated rings. The Kier molecular flexibility index (Phi) is 5.15. The van der Waals surface area contributed by atoms with Crippen molar-refractivity contribution in [1.29, 1.82) is 0 Å². The molecule has 5 heteroatoms. The third kappa shape index (κ3) is 4.49. The molecule has 1 amide bonds. The van der Waals surface area contributed by atoms with Crippen LogP contribution >= 0.6 is 0 Å². The number of rotatable bonds is 6. The normalized spacial score (nSPS) is 11.5. The van der Waals surface area contributed by atoms with Gasteiger partial charge >= 0.3 is 0 Å². The Labute approximate surface area is 124 Å². The number of nitrogens with one attached hydrogen (secondary N) is 2. The van der Waals surface area contributed by atoms with Gasteiger partial charge in [0.25, 0.3) is 5.91 Å². The largest absolute Gasteiger partial charge is 0.484 e.